The van der Waals surface area contributed by atoms with Gasteiger partial charge in [-0.1, -0.05) is 30.3 Å². The number of carbonyl (C=O) groups excluding carboxylic acids is 1. The van der Waals surface area contributed by atoms with Crippen LogP contribution in [-0.2, 0) is 0 Å². The number of rotatable bonds is 8. The molecule has 132 valence electrons. The molecule has 26 heavy (non-hydrogen) atoms. The summed E-state index contributed by atoms with van der Waals surface area (Å²) in [5, 5.41) is 7.86. The van der Waals surface area contributed by atoms with Crippen molar-refractivity contribution < 1.29 is 14.3 Å². The van der Waals surface area contributed by atoms with Crippen molar-refractivity contribution in [2.45, 2.75) is 0 Å². The molecule has 0 spiro atoms. The van der Waals surface area contributed by atoms with Crippen molar-refractivity contribution in [3.05, 3.63) is 82.6 Å². The quantitative estimate of drug-likeness (QED) is 0.373. The Labute approximate surface area is 155 Å². The van der Waals surface area contributed by atoms with Crippen LogP contribution in [0.5, 0.6) is 11.5 Å². The van der Waals surface area contributed by atoms with Crippen molar-refractivity contribution in [2.24, 2.45) is 5.10 Å². The largest absolute Gasteiger partial charge is 0.490 e. The molecular formula is C20H18N2O3S. The second-order valence-corrected chi connectivity index (χ2v) is 6.04. The maximum Gasteiger partial charge on any atom is 0.275 e. The molecule has 0 fully saturated rings. The summed E-state index contributed by atoms with van der Waals surface area (Å²) in [6.07, 6.45) is 1.60. The SMILES string of the molecule is O=C(N/N=C\c1ccsc1)c1ccccc1OCCOc1ccccc1. The summed E-state index contributed by atoms with van der Waals surface area (Å²) in [7, 11) is 0. The summed E-state index contributed by atoms with van der Waals surface area (Å²) in [6.45, 7) is 0.716. The normalized spacial score (nSPS) is 10.6. The van der Waals surface area contributed by atoms with Gasteiger partial charge in [0.1, 0.15) is 24.7 Å². The van der Waals surface area contributed by atoms with Crippen LogP contribution in [-0.4, -0.2) is 25.3 Å². The first-order chi connectivity index (χ1) is 12.8. The number of nitrogens with one attached hydrogen (secondary N) is 1. The summed E-state index contributed by atoms with van der Waals surface area (Å²) >= 11 is 1.57. The van der Waals surface area contributed by atoms with E-state index in [0.29, 0.717) is 24.5 Å². The Balaban J connectivity index is 1.52. The molecule has 5 nitrogen and oxygen atoms in total. The molecule has 3 aromatic rings. The van der Waals surface area contributed by atoms with E-state index in [1.165, 1.54) is 0 Å². The lowest BCUT2D eigenvalue weighted by molar-refractivity contribution is 0.0950. The third kappa shape index (κ3) is 5.19. The Kier molecular flexibility index (Phi) is 6.39. The molecule has 1 heterocycles. The van der Waals surface area contributed by atoms with E-state index < -0.39 is 0 Å². The molecule has 0 unspecified atom stereocenters. The van der Waals surface area contributed by atoms with E-state index in [4.69, 9.17) is 9.47 Å². The van der Waals surface area contributed by atoms with Gasteiger partial charge >= 0.3 is 0 Å². The second-order valence-electron chi connectivity index (χ2n) is 5.26. The minimum atomic E-state index is -0.323. The Bertz CT molecular complexity index is 849. The van der Waals surface area contributed by atoms with Gasteiger partial charge in [-0.2, -0.15) is 16.4 Å². The highest BCUT2D eigenvalue weighted by Gasteiger charge is 2.11. The molecule has 0 atom stereocenters. The van der Waals surface area contributed by atoms with E-state index in [-0.39, 0.29) is 5.91 Å². The van der Waals surface area contributed by atoms with E-state index >= 15 is 0 Å². The number of ether oxygens (including phenoxy) is 2. The number of para-hydroxylation sites is 2. The van der Waals surface area contributed by atoms with Gasteiger partial charge in [0.05, 0.1) is 11.8 Å². The lowest BCUT2D eigenvalue weighted by atomic mass is 10.2. The molecule has 6 heteroatoms. The lowest BCUT2D eigenvalue weighted by Gasteiger charge is -2.11. The molecule has 2 aromatic carbocycles. The topological polar surface area (TPSA) is 59.9 Å². The molecule has 0 aliphatic heterocycles. The van der Waals surface area contributed by atoms with Crippen molar-refractivity contribution in [3.63, 3.8) is 0 Å². The van der Waals surface area contributed by atoms with Gasteiger partial charge in [-0.15, -0.1) is 0 Å². The molecule has 0 aliphatic rings. The standard InChI is InChI=1S/C20H18N2O3S/c23-20(22-21-14-16-10-13-26-15-16)18-8-4-5-9-19(18)25-12-11-24-17-6-2-1-3-7-17/h1-10,13-15H,11-12H2,(H,22,23)/b21-14-. The van der Waals surface area contributed by atoms with E-state index in [0.717, 1.165) is 11.3 Å². The van der Waals surface area contributed by atoms with Gasteiger partial charge in [-0.25, -0.2) is 5.43 Å². The Morgan fingerprint density at radius 1 is 1.00 bits per heavy atom. The fraction of sp³-hybridized carbons (Fsp3) is 0.100. The van der Waals surface area contributed by atoms with Crippen LogP contribution < -0.4 is 14.9 Å². The first kappa shape index (κ1) is 17.7. The van der Waals surface area contributed by atoms with E-state index in [2.05, 4.69) is 10.5 Å². The van der Waals surface area contributed by atoms with Gasteiger partial charge in [0.2, 0.25) is 0 Å². The van der Waals surface area contributed by atoms with Crippen molar-refractivity contribution in [1.29, 1.82) is 0 Å². The van der Waals surface area contributed by atoms with Crippen LogP contribution in [0, 0.1) is 0 Å². The van der Waals surface area contributed by atoms with E-state index in [1.54, 1.807) is 35.8 Å². The Morgan fingerprint density at radius 3 is 2.58 bits per heavy atom. The molecule has 1 amide bonds. The molecule has 0 radical (unpaired) electrons. The highest BCUT2D eigenvalue weighted by Crippen LogP contribution is 2.18. The zero-order valence-corrected chi connectivity index (χ0v) is 14.8. The van der Waals surface area contributed by atoms with Crippen LogP contribution in [0.25, 0.3) is 0 Å². The minimum absolute atomic E-state index is 0.323. The highest BCUT2D eigenvalue weighted by molar-refractivity contribution is 7.08. The maximum absolute atomic E-state index is 12.3. The van der Waals surface area contributed by atoms with Crippen LogP contribution in [0.15, 0.2) is 76.5 Å². The molecule has 1 N–H and O–H groups in total. The molecule has 0 aliphatic carbocycles. The van der Waals surface area contributed by atoms with Crippen LogP contribution in [0.4, 0.5) is 0 Å². The first-order valence-corrected chi connectivity index (χ1v) is 9.02. The Hall–Kier alpha value is -3.12. The maximum atomic E-state index is 12.3. The number of benzene rings is 2. The number of nitrogens with zero attached hydrogens (tertiary/aromatic N) is 1. The molecule has 1 aromatic heterocycles. The molecular weight excluding hydrogens is 348 g/mol. The number of hydrogen-bond donors (Lipinski definition) is 1. The predicted molar refractivity (Wildman–Crippen MR) is 103 cm³/mol. The molecule has 0 saturated carbocycles. The van der Waals surface area contributed by atoms with Gasteiger partial charge in [0.25, 0.3) is 5.91 Å². The number of amides is 1. The fourth-order valence-corrected chi connectivity index (χ4v) is 2.79. The lowest BCUT2D eigenvalue weighted by Crippen LogP contribution is -2.19. The molecule has 0 bridgehead atoms. The van der Waals surface area contributed by atoms with Gasteiger partial charge in [0.15, 0.2) is 0 Å². The van der Waals surface area contributed by atoms with Crippen molar-refractivity contribution in [1.82, 2.24) is 5.43 Å². The van der Waals surface area contributed by atoms with Gasteiger partial charge in [-0.3, -0.25) is 4.79 Å². The first-order valence-electron chi connectivity index (χ1n) is 8.08. The number of hydrogen-bond acceptors (Lipinski definition) is 5. The van der Waals surface area contributed by atoms with Crippen molar-refractivity contribution in [2.75, 3.05) is 13.2 Å². The third-order valence-electron chi connectivity index (χ3n) is 3.41. The van der Waals surface area contributed by atoms with Crippen LogP contribution >= 0.6 is 11.3 Å². The smallest absolute Gasteiger partial charge is 0.275 e. The fourth-order valence-electron chi connectivity index (χ4n) is 2.18. The van der Waals surface area contributed by atoms with E-state index in [1.807, 2.05) is 53.2 Å². The summed E-state index contributed by atoms with van der Waals surface area (Å²) in [5.41, 5.74) is 3.89. The second kappa shape index (κ2) is 9.39. The van der Waals surface area contributed by atoms with Crippen molar-refractivity contribution >= 4 is 23.5 Å². The summed E-state index contributed by atoms with van der Waals surface area (Å²) in [5.74, 6) is 0.952. The van der Waals surface area contributed by atoms with Gasteiger partial charge < -0.3 is 9.47 Å². The van der Waals surface area contributed by atoms with E-state index in [9.17, 15) is 4.79 Å². The minimum Gasteiger partial charge on any atom is -0.490 e. The summed E-state index contributed by atoms with van der Waals surface area (Å²) < 4.78 is 11.3. The molecule has 3 rings (SSSR count). The zero-order chi connectivity index (χ0) is 18.0. The van der Waals surface area contributed by atoms with Crippen LogP contribution in [0.2, 0.25) is 0 Å². The van der Waals surface area contributed by atoms with Crippen LogP contribution in [0.3, 0.4) is 0 Å². The Morgan fingerprint density at radius 2 is 1.77 bits per heavy atom. The number of carbonyl (C=O) groups is 1. The van der Waals surface area contributed by atoms with Crippen LogP contribution in [0.1, 0.15) is 15.9 Å². The van der Waals surface area contributed by atoms with Gasteiger partial charge in [-0.05, 0) is 41.1 Å². The summed E-state index contributed by atoms with van der Waals surface area (Å²) in [6, 6.07) is 18.5. The average molecular weight is 366 g/mol. The average Bonchev–Trinajstić information content (AvgIpc) is 3.20. The number of hydrazone groups is 1. The summed E-state index contributed by atoms with van der Waals surface area (Å²) in [4.78, 5) is 12.3. The third-order valence-corrected chi connectivity index (χ3v) is 4.11. The zero-order valence-electron chi connectivity index (χ0n) is 14.0. The highest BCUT2D eigenvalue weighted by atomic mass is 32.1. The van der Waals surface area contributed by atoms with Gasteiger partial charge in [0, 0.05) is 5.56 Å². The van der Waals surface area contributed by atoms with Crippen molar-refractivity contribution in [3.8, 4) is 11.5 Å². The molecule has 0 saturated heterocycles. The predicted octanol–water partition coefficient (Wildman–Crippen LogP) is 3.97. The monoisotopic (exact) mass is 366 g/mol. The number of thiophene rings is 1.